The molecule has 0 atom stereocenters. The quantitative estimate of drug-likeness (QED) is 0.419. The number of ether oxygens (including phenoxy) is 2. The number of rotatable bonds is 7. The number of nitrogens with one attached hydrogen (secondary N) is 2. The van der Waals surface area contributed by atoms with Gasteiger partial charge in [0.1, 0.15) is 11.6 Å². The smallest absolute Gasteiger partial charge is 0.434 e. The molecule has 7 nitrogen and oxygen atoms in total. The molecule has 2 amide bonds. The summed E-state index contributed by atoms with van der Waals surface area (Å²) in [4.78, 5) is 36.2. The predicted octanol–water partition coefficient (Wildman–Crippen LogP) is 4.54. The molecule has 8 heteroatoms. The molecule has 3 rings (SSSR count). The number of anilines is 1. The SMILES string of the molecule is CCOC(=O)Oc1ccc(C(=O)NCc2ccccc2NC(=O)c2cccc(F)c2)cc1. The Morgan fingerprint density at radius 3 is 2.34 bits per heavy atom. The van der Waals surface area contributed by atoms with E-state index in [1.165, 1.54) is 42.5 Å². The van der Waals surface area contributed by atoms with Crippen molar-refractivity contribution in [2.45, 2.75) is 13.5 Å². The third-order valence-corrected chi connectivity index (χ3v) is 4.37. The number of halogens is 1. The van der Waals surface area contributed by atoms with Gasteiger partial charge in [0.05, 0.1) is 6.61 Å². The summed E-state index contributed by atoms with van der Waals surface area (Å²) >= 11 is 0. The first-order valence-corrected chi connectivity index (χ1v) is 9.84. The molecule has 164 valence electrons. The molecule has 0 aliphatic rings. The Kier molecular flexibility index (Phi) is 7.53. The Bertz CT molecular complexity index is 1120. The minimum atomic E-state index is -0.818. The van der Waals surface area contributed by atoms with Crippen molar-refractivity contribution in [1.29, 1.82) is 0 Å². The summed E-state index contributed by atoms with van der Waals surface area (Å²) in [6, 6.07) is 18.4. The third kappa shape index (κ3) is 6.15. The molecule has 0 aliphatic heterocycles. The van der Waals surface area contributed by atoms with Crippen LogP contribution in [0, 0.1) is 5.82 Å². The minimum Gasteiger partial charge on any atom is -0.434 e. The number of benzene rings is 3. The maximum atomic E-state index is 13.4. The van der Waals surface area contributed by atoms with Crippen molar-refractivity contribution in [2.24, 2.45) is 0 Å². The van der Waals surface area contributed by atoms with E-state index < -0.39 is 17.9 Å². The molecule has 2 N–H and O–H groups in total. The molecule has 0 radical (unpaired) electrons. The monoisotopic (exact) mass is 436 g/mol. The summed E-state index contributed by atoms with van der Waals surface area (Å²) in [5.41, 5.74) is 1.73. The molecule has 0 spiro atoms. The fraction of sp³-hybridized carbons (Fsp3) is 0.125. The van der Waals surface area contributed by atoms with Gasteiger partial charge in [-0.1, -0.05) is 24.3 Å². The Hall–Kier alpha value is -4.20. The van der Waals surface area contributed by atoms with Gasteiger partial charge in [0.25, 0.3) is 11.8 Å². The molecule has 0 heterocycles. The second kappa shape index (κ2) is 10.7. The van der Waals surface area contributed by atoms with Gasteiger partial charge in [-0.05, 0) is 61.0 Å². The van der Waals surface area contributed by atoms with Gasteiger partial charge in [-0.3, -0.25) is 9.59 Å². The lowest BCUT2D eigenvalue weighted by Gasteiger charge is -2.12. The van der Waals surface area contributed by atoms with E-state index in [0.29, 0.717) is 16.8 Å². The first-order chi connectivity index (χ1) is 15.5. The van der Waals surface area contributed by atoms with Crippen LogP contribution in [0.4, 0.5) is 14.9 Å². The van der Waals surface area contributed by atoms with Gasteiger partial charge >= 0.3 is 6.16 Å². The van der Waals surface area contributed by atoms with Gasteiger partial charge in [-0.25, -0.2) is 9.18 Å². The average Bonchev–Trinajstić information content (AvgIpc) is 2.79. The van der Waals surface area contributed by atoms with Crippen LogP contribution < -0.4 is 15.4 Å². The Morgan fingerprint density at radius 2 is 1.62 bits per heavy atom. The van der Waals surface area contributed by atoms with Crippen LogP contribution in [-0.4, -0.2) is 24.6 Å². The summed E-state index contributed by atoms with van der Waals surface area (Å²) in [6.07, 6.45) is -0.818. The fourth-order valence-corrected chi connectivity index (χ4v) is 2.82. The van der Waals surface area contributed by atoms with Gasteiger partial charge in [-0.2, -0.15) is 0 Å². The van der Waals surface area contributed by atoms with E-state index in [0.717, 1.165) is 6.07 Å². The molecule has 0 bridgehead atoms. The zero-order chi connectivity index (χ0) is 22.9. The lowest BCUT2D eigenvalue weighted by molar-refractivity contribution is 0.0950. The third-order valence-electron chi connectivity index (χ3n) is 4.37. The summed E-state index contributed by atoms with van der Waals surface area (Å²) < 4.78 is 23.0. The minimum absolute atomic E-state index is 0.152. The maximum absolute atomic E-state index is 13.4. The second-order valence-corrected chi connectivity index (χ2v) is 6.61. The van der Waals surface area contributed by atoms with Crippen LogP contribution in [0.3, 0.4) is 0 Å². The number of para-hydroxylation sites is 1. The van der Waals surface area contributed by atoms with Crippen LogP contribution in [0.15, 0.2) is 72.8 Å². The normalized spacial score (nSPS) is 10.2. The molecule has 0 aromatic heterocycles. The highest BCUT2D eigenvalue weighted by atomic mass is 19.1. The van der Waals surface area contributed by atoms with Gasteiger partial charge in [0, 0.05) is 23.4 Å². The van der Waals surface area contributed by atoms with Crippen LogP contribution in [0.25, 0.3) is 0 Å². The summed E-state index contributed by atoms with van der Waals surface area (Å²) in [5, 5.41) is 5.51. The van der Waals surface area contributed by atoms with Gasteiger partial charge in [0.15, 0.2) is 0 Å². The van der Waals surface area contributed by atoms with Crippen LogP contribution >= 0.6 is 0 Å². The Labute approximate surface area is 184 Å². The molecule has 0 saturated heterocycles. The molecule has 0 saturated carbocycles. The fourth-order valence-electron chi connectivity index (χ4n) is 2.82. The van der Waals surface area contributed by atoms with Crippen LogP contribution in [0.5, 0.6) is 5.75 Å². The first-order valence-electron chi connectivity index (χ1n) is 9.84. The molecule has 0 fully saturated rings. The van der Waals surface area contributed by atoms with E-state index in [-0.39, 0.29) is 30.4 Å². The Balaban J connectivity index is 1.61. The van der Waals surface area contributed by atoms with E-state index in [9.17, 15) is 18.8 Å². The summed E-state index contributed by atoms with van der Waals surface area (Å²) in [7, 11) is 0. The van der Waals surface area contributed by atoms with E-state index >= 15 is 0 Å². The van der Waals surface area contributed by atoms with E-state index in [1.54, 1.807) is 31.2 Å². The van der Waals surface area contributed by atoms with Crippen molar-refractivity contribution < 1.29 is 28.2 Å². The topological polar surface area (TPSA) is 93.7 Å². The van der Waals surface area contributed by atoms with Crippen LogP contribution in [0.2, 0.25) is 0 Å². The zero-order valence-electron chi connectivity index (χ0n) is 17.3. The summed E-state index contributed by atoms with van der Waals surface area (Å²) in [6.45, 7) is 2.02. The number of hydrogen-bond donors (Lipinski definition) is 2. The highest BCUT2D eigenvalue weighted by Crippen LogP contribution is 2.17. The van der Waals surface area contributed by atoms with Gasteiger partial charge in [-0.15, -0.1) is 0 Å². The van der Waals surface area contributed by atoms with Crippen molar-refractivity contribution in [2.75, 3.05) is 11.9 Å². The molecule has 3 aromatic rings. The largest absolute Gasteiger partial charge is 0.513 e. The highest BCUT2D eigenvalue weighted by molar-refractivity contribution is 6.04. The predicted molar refractivity (Wildman–Crippen MR) is 116 cm³/mol. The second-order valence-electron chi connectivity index (χ2n) is 6.61. The highest BCUT2D eigenvalue weighted by Gasteiger charge is 2.12. The summed E-state index contributed by atoms with van der Waals surface area (Å²) in [5.74, 6) is -1.05. The molecule has 0 unspecified atom stereocenters. The van der Waals surface area contributed by atoms with Crippen molar-refractivity contribution in [3.8, 4) is 5.75 Å². The maximum Gasteiger partial charge on any atom is 0.513 e. The first kappa shape index (κ1) is 22.5. The standard InChI is InChI=1S/C24H21FN2O5/c1-2-31-24(30)32-20-12-10-16(11-13-20)22(28)26-15-18-6-3-4-9-21(18)27-23(29)17-7-5-8-19(25)14-17/h3-14H,2,15H2,1H3,(H,26,28)(H,27,29). The molecule has 32 heavy (non-hydrogen) atoms. The zero-order valence-corrected chi connectivity index (χ0v) is 17.3. The molecular weight excluding hydrogens is 415 g/mol. The van der Waals surface area contributed by atoms with Crippen molar-refractivity contribution >= 4 is 23.7 Å². The Morgan fingerprint density at radius 1 is 0.875 bits per heavy atom. The molecule has 3 aromatic carbocycles. The lowest BCUT2D eigenvalue weighted by Crippen LogP contribution is -2.24. The van der Waals surface area contributed by atoms with Gasteiger partial charge in [0.2, 0.25) is 0 Å². The van der Waals surface area contributed by atoms with Gasteiger partial charge < -0.3 is 20.1 Å². The van der Waals surface area contributed by atoms with Crippen LogP contribution in [-0.2, 0) is 11.3 Å². The molecule has 0 aliphatic carbocycles. The average molecular weight is 436 g/mol. The molecular formula is C24H21FN2O5. The number of carbonyl (C=O) groups is 3. The van der Waals surface area contributed by atoms with Crippen molar-refractivity contribution in [1.82, 2.24) is 5.32 Å². The van der Waals surface area contributed by atoms with Crippen molar-refractivity contribution in [3.05, 3.63) is 95.3 Å². The number of carbonyl (C=O) groups excluding carboxylic acids is 3. The van der Waals surface area contributed by atoms with E-state index in [2.05, 4.69) is 10.6 Å². The number of amides is 2. The van der Waals surface area contributed by atoms with E-state index in [4.69, 9.17) is 9.47 Å². The van der Waals surface area contributed by atoms with Crippen molar-refractivity contribution in [3.63, 3.8) is 0 Å². The lowest BCUT2D eigenvalue weighted by atomic mass is 10.1. The van der Waals surface area contributed by atoms with E-state index in [1.807, 2.05) is 0 Å². The van der Waals surface area contributed by atoms with Crippen LogP contribution in [0.1, 0.15) is 33.2 Å². The number of hydrogen-bond acceptors (Lipinski definition) is 5.